The standard InChI is InChI=1S/C19H22ClN3O2/c20-15-2-1-3-16(14-15)21-19(25)8-9-22-10-12-23(13-11-22)17-4-6-18(24)7-5-17/h1-7,14,24H,8-13H2,(H,21,25). The molecule has 1 heterocycles. The van der Waals surface area contributed by atoms with Gasteiger partial charge in [-0.2, -0.15) is 0 Å². The number of rotatable bonds is 5. The van der Waals surface area contributed by atoms with Crippen molar-refractivity contribution >= 4 is 28.9 Å². The van der Waals surface area contributed by atoms with Crippen LogP contribution in [-0.4, -0.2) is 48.6 Å². The number of phenols is 1. The number of benzene rings is 2. The quantitative estimate of drug-likeness (QED) is 0.860. The first-order chi connectivity index (χ1) is 12.1. The lowest BCUT2D eigenvalue weighted by molar-refractivity contribution is -0.116. The fraction of sp³-hybridized carbons (Fsp3) is 0.316. The molecule has 0 atom stereocenters. The van der Waals surface area contributed by atoms with E-state index in [2.05, 4.69) is 15.1 Å². The number of aromatic hydroxyl groups is 1. The summed E-state index contributed by atoms with van der Waals surface area (Å²) in [5, 5.41) is 12.9. The molecule has 2 N–H and O–H groups in total. The molecule has 2 aromatic carbocycles. The number of carbonyl (C=O) groups excluding carboxylic acids is 1. The van der Waals surface area contributed by atoms with Gasteiger partial charge in [-0.3, -0.25) is 9.69 Å². The van der Waals surface area contributed by atoms with Crippen LogP contribution < -0.4 is 10.2 Å². The maximum Gasteiger partial charge on any atom is 0.225 e. The molecule has 1 fully saturated rings. The zero-order valence-electron chi connectivity index (χ0n) is 14.0. The van der Waals surface area contributed by atoms with Crippen LogP contribution in [0.1, 0.15) is 6.42 Å². The van der Waals surface area contributed by atoms with Gasteiger partial charge < -0.3 is 15.3 Å². The largest absolute Gasteiger partial charge is 0.508 e. The number of anilines is 2. The first kappa shape index (κ1) is 17.6. The summed E-state index contributed by atoms with van der Waals surface area (Å²) in [5.41, 5.74) is 1.85. The number of phenolic OH excluding ortho intramolecular Hbond substituents is 1. The fourth-order valence-corrected chi connectivity index (χ4v) is 3.13. The number of halogens is 1. The molecule has 0 bridgehead atoms. The SMILES string of the molecule is O=C(CCN1CCN(c2ccc(O)cc2)CC1)Nc1cccc(Cl)c1. The van der Waals surface area contributed by atoms with Crippen LogP contribution in [0.3, 0.4) is 0 Å². The summed E-state index contributed by atoms with van der Waals surface area (Å²) in [6.07, 6.45) is 0.464. The number of nitrogens with zero attached hydrogens (tertiary/aromatic N) is 2. The number of hydrogen-bond acceptors (Lipinski definition) is 4. The first-order valence-corrected chi connectivity index (χ1v) is 8.80. The summed E-state index contributed by atoms with van der Waals surface area (Å²) < 4.78 is 0. The number of nitrogens with one attached hydrogen (secondary N) is 1. The van der Waals surface area contributed by atoms with E-state index in [-0.39, 0.29) is 11.7 Å². The minimum atomic E-state index is 0.00299. The molecule has 0 saturated carbocycles. The average Bonchev–Trinajstić information content (AvgIpc) is 2.61. The topological polar surface area (TPSA) is 55.8 Å². The van der Waals surface area contributed by atoms with Crippen molar-refractivity contribution in [2.75, 3.05) is 42.9 Å². The summed E-state index contributed by atoms with van der Waals surface area (Å²) in [6, 6.07) is 14.5. The van der Waals surface area contributed by atoms with Crippen molar-refractivity contribution in [2.24, 2.45) is 0 Å². The second-order valence-electron chi connectivity index (χ2n) is 6.15. The molecule has 0 spiro atoms. The maximum absolute atomic E-state index is 12.1. The third-order valence-electron chi connectivity index (χ3n) is 4.35. The Kier molecular flexibility index (Phi) is 5.79. The smallest absolute Gasteiger partial charge is 0.225 e. The summed E-state index contributed by atoms with van der Waals surface area (Å²) in [6.45, 7) is 4.42. The molecule has 1 aliphatic rings. The average molecular weight is 360 g/mol. The lowest BCUT2D eigenvalue weighted by atomic mass is 10.2. The minimum Gasteiger partial charge on any atom is -0.508 e. The minimum absolute atomic E-state index is 0.00299. The van der Waals surface area contributed by atoms with Gasteiger partial charge in [-0.1, -0.05) is 17.7 Å². The van der Waals surface area contributed by atoms with Gasteiger partial charge in [-0.25, -0.2) is 0 Å². The second kappa shape index (κ2) is 8.23. The number of amides is 1. The summed E-state index contributed by atoms with van der Waals surface area (Å²) in [4.78, 5) is 16.7. The van der Waals surface area contributed by atoms with Crippen molar-refractivity contribution in [1.29, 1.82) is 0 Å². The van der Waals surface area contributed by atoms with Gasteiger partial charge in [0.1, 0.15) is 5.75 Å². The molecular formula is C19H22ClN3O2. The van der Waals surface area contributed by atoms with Crippen LogP contribution in [0.4, 0.5) is 11.4 Å². The van der Waals surface area contributed by atoms with Crippen molar-refractivity contribution in [3.8, 4) is 5.75 Å². The third-order valence-corrected chi connectivity index (χ3v) is 4.59. The highest BCUT2D eigenvalue weighted by Crippen LogP contribution is 2.20. The van der Waals surface area contributed by atoms with Gasteiger partial charge in [0.15, 0.2) is 0 Å². The predicted molar refractivity (Wildman–Crippen MR) is 101 cm³/mol. The van der Waals surface area contributed by atoms with Gasteiger partial charge in [-0.15, -0.1) is 0 Å². The van der Waals surface area contributed by atoms with E-state index in [0.717, 1.165) is 44.1 Å². The number of carbonyl (C=O) groups is 1. The Hall–Kier alpha value is -2.24. The van der Waals surface area contributed by atoms with E-state index >= 15 is 0 Å². The van der Waals surface area contributed by atoms with Crippen LogP contribution in [0.15, 0.2) is 48.5 Å². The Morgan fingerprint density at radius 3 is 2.48 bits per heavy atom. The molecule has 0 aliphatic carbocycles. The van der Waals surface area contributed by atoms with Crippen LogP contribution in [0.25, 0.3) is 0 Å². The number of hydrogen-bond donors (Lipinski definition) is 2. The predicted octanol–water partition coefficient (Wildman–Crippen LogP) is 3.20. The Morgan fingerprint density at radius 1 is 1.08 bits per heavy atom. The highest BCUT2D eigenvalue weighted by molar-refractivity contribution is 6.30. The Balaban J connectivity index is 1.41. The molecule has 1 saturated heterocycles. The zero-order valence-corrected chi connectivity index (χ0v) is 14.7. The summed E-state index contributed by atoms with van der Waals surface area (Å²) in [5.74, 6) is 0.288. The van der Waals surface area contributed by atoms with Crippen molar-refractivity contribution in [2.45, 2.75) is 6.42 Å². The van der Waals surface area contributed by atoms with Gasteiger partial charge in [-0.05, 0) is 42.5 Å². The fourth-order valence-electron chi connectivity index (χ4n) is 2.94. The van der Waals surface area contributed by atoms with Crippen molar-refractivity contribution < 1.29 is 9.90 Å². The molecule has 3 rings (SSSR count). The Morgan fingerprint density at radius 2 is 1.80 bits per heavy atom. The number of piperazine rings is 1. The van der Waals surface area contributed by atoms with Crippen LogP contribution >= 0.6 is 11.6 Å². The normalized spacial score (nSPS) is 15.2. The van der Waals surface area contributed by atoms with Crippen molar-refractivity contribution in [3.63, 3.8) is 0 Å². The van der Waals surface area contributed by atoms with E-state index in [1.165, 1.54) is 0 Å². The van der Waals surface area contributed by atoms with E-state index in [1.54, 1.807) is 24.3 Å². The van der Waals surface area contributed by atoms with E-state index in [0.29, 0.717) is 11.4 Å². The van der Waals surface area contributed by atoms with E-state index < -0.39 is 0 Å². The summed E-state index contributed by atoms with van der Waals surface area (Å²) >= 11 is 5.92. The highest BCUT2D eigenvalue weighted by Gasteiger charge is 2.17. The molecule has 1 aliphatic heterocycles. The maximum atomic E-state index is 12.1. The van der Waals surface area contributed by atoms with Gasteiger partial charge >= 0.3 is 0 Å². The molecule has 1 amide bonds. The lowest BCUT2D eigenvalue weighted by Crippen LogP contribution is -2.47. The zero-order chi connectivity index (χ0) is 17.6. The molecule has 0 unspecified atom stereocenters. The molecule has 132 valence electrons. The van der Waals surface area contributed by atoms with E-state index in [1.807, 2.05) is 24.3 Å². The first-order valence-electron chi connectivity index (χ1n) is 8.42. The molecule has 0 aromatic heterocycles. The highest BCUT2D eigenvalue weighted by atomic mass is 35.5. The van der Waals surface area contributed by atoms with Gasteiger partial charge in [0.2, 0.25) is 5.91 Å². The van der Waals surface area contributed by atoms with Crippen molar-refractivity contribution in [3.05, 3.63) is 53.6 Å². The van der Waals surface area contributed by atoms with Gasteiger partial charge in [0, 0.05) is 55.5 Å². The van der Waals surface area contributed by atoms with E-state index in [4.69, 9.17) is 11.6 Å². The van der Waals surface area contributed by atoms with Gasteiger partial charge in [0.05, 0.1) is 0 Å². The van der Waals surface area contributed by atoms with Crippen molar-refractivity contribution in [1.82, 2.24) is 4.90 Å². The van der Waals surface area contributed by atoms with Crippen LogP contribution in [0.5, 0.6) is 5.75 Å². The molecule has 0 radical (unpaired) electrons. The van der Waals surface area contributed by atoms with Crippen LogP contribution in [0, 0.1) is 0 Å². The molecular weight excluding hydrogens is 338 g/mol. The molecule has 2 aromatic rings. The third kappa shape index (κ3) is 5.11. The van der Waals surface area contributed by atoms with E-state index in [9.17, 15) is 9.90 Å². The molecule has 25 heavy (non-hydrogen) atoms. The lowest BCUT2D eigenvalue weighted by Gasteiger charge is -2.36. The second-order valence-corrected chi connectivity index (χ2v) is 6.59. The monoisotopic (exact) mass is 359 g/mol. The van der Waals surface area contributed by atoms with Gasteiger partial charge in [0.25, 0.3) is 0 Å². The summed E-state index contributed by atoms with van der Waals surface area (Å²) in [7, 11) is 0. The van der Waals surface area contributed by atoms with Crippen LogP contribution in [-0.2, 0) is 4.79 Å². The molecule has 6 heteroatoms. The molecule has 5 nitrogen and oxygen atoms in total. The van der Waals surface area contributed by atoms with Crippen LogP contribution in [0.2, 0.25) is 5.02 Å². The Labute approximate surface area is 152 Å². The Bertz CT molecular complexity index is 713.